The molecule has 0 saturated heterocycles. The van der Waals surface area contributed by atoms with Crippen molar-refractivity contribution in [3.05, 3.63) is 255 Å². The number of para-hydroxylation sites is 5. The molecule has 0 spiro atoms. The van der Waals surface area contributed by atoms with Crippen LogP contribution < -0.4 is 4.90 Å². The lowest BCUT2D eigenvalue weighted by molar-refractivity contribution is 0.670. The van der Waals surface area contributed by atoms with Crippen LogP contribution in [0, 0.1) is 0 Å². The Kier molecular flexibility index (Phi) is 8.90. The van der Waals surface area contributed by atoms with Crippen LogP contribution in [-0.4, -0.2) is 4.57 Å². The Morgan fingerprint density at radius 1 is 0.275 bits per heavy atom. The highest BCUT2D eigenvalue weighted by atomic mass is 16.3. The van der Waals surface area contributed by atoms with Crippen molar-refractivity contribution in [3.8, 4) is 39.1 Å². The SMILES string of the molecule is c1ccc(-n2c3ccccc3c3ccccc32)c(-c2ccc(-c3ccc(N(c4ccc(-c5cccc6c5oc5ccccc56)cc4)c4ccc5c6ccccc6c6ccccc6c5c4)cc3)cc2)c1. The minimum Gasteiger partial charge on any atom is -0.455 e. The third kappa shape index (κ3) is 6.29. The van der Waals surface area contributed by atoms with E-state index in [0.717, 1.165) is 55.7 Å². The van der Waals surface area contributed by atoms with Crippen molar-refractivity contribution in [1.29, 1.82) is 0 Å². The molecule has 12 aromatic carbocycles. The van der Waals surface area contributed by atoms with Gasteiger partial charge in [-0.15, -0.1) is 0 Å². The molecule has 0 aliphatic rings. The summed E-state index contributed by atoms with van der Waals surface area (Å²) in [5.74, 6) is 0. The minimum atomic E-state index is 0.902. The van der Waals surface area contributed by atoms with E-state index in [9.17, 15) is 0 Å². The molecular formula is C66H42N2O. The van der Waals surface area contributed by atoms with Crippen LogP contribution in [0.3, 0.4) is 0 Å². The number of aromatic nitrogens is 1. The molecule has 3 nitrogen and oxygen atoms in total. The Labute approximate surface area is 399 Å². The molecule has 69 heavy (non-hydrogen) atoms. The topological polar surface area (TPSA) is 21.3 Å². The summed E-state index contributed by atoms with van der Waals surface area (Å²) in [4.78, 5) is 2.38. The van der Waals surface area contributed by atoms with E-state index in [2.05, 4.69) is 252 Å². The van der Waals surface area contributed by atoms with Crippen LogP contribution in [0.15, 0.2) is 259 Å². The summed E-state index contributed by atoms with van der Waals surface area (Å²) in [7, 11) is 0. The van der Waals surface area contributed by atoms with Crippen molar-refractivity contribution in [2.24, 2.45) is 0 Å². The molecule has 0 N–H and O–H groups in total. The molecule has 0 bridgehead atoms. The fourth-order valence-electron chi connectivity index (χ4n) is 11.0. The Hall–Kier alpha value is -9.18. The van der Waals surface area contributed by atoms with Gasteiger partial charge < -0.3 is 13.9 Å². The maximum absolute atomic E-state index is 6.47. The van der Waals surface area contributed by atoms with Gasteiger partial charge in [0, 0.05) is 49.7 Å². The number of rotatable bonds is 7. The molecule has 14 aromatic rings. The molecule has 0 fully saturated rings. The number of hydrogen-bond acceptors (Lipinski definition) is 2. The van der Waals surface area contributed by atoms with E-state index in [0.29, 0.717) is 0 Å². The number of furan rings is 1. The van der Waals surface area contributed by atoms with Crippen LogP contribution in [0.25, 0.3) is 115 Å². The first-order valence-corrected chi connectivity index (χ1v) is 23.7. The van der Waals surface area contributed by atoms with E-state index in [1.54, 1.807) is 0 Å². The molecule has 2 aromatic heterocycles. The quantitative estimate of drug-likeness (QED) is 0.149. The lowest BCUT2D eigenvalue weighted by Gasteiger charge is -2.26. The Morgan fingerprint density at radius 3 is 1.33 bits per heavy atom. The van der Waals surface area contributed by atoms with Gasteiger partial charge in [0.1, 0.15) is 11.2 Å². The van der Waals surface area contributed by atoms with E-state index >= 15 is 0 Å². The first kappa shape index (κ1) is 39.0. The highest BCUT2D eigenvalue weighted by molar-refractivity contribution is 6.26. The Morgan fingerprint density at radius 2 is 0.696 bits per heavy atom. The van der Waals surface area contributed by atoms with Gasteiger partial charge in [0.15, 0.2) is 0 Å². The smallest absolute Gasteiger partial charge is 0.143 e. The van der Waals surface area contributed by atoms with Gasteiger partial charge in [0.05, 0.1) is 16.7 Å². The zero-order valence-electron chi connectivity index (χ0n) is 37.6. The van der Waals surface area contributed by atoms with E-state index in [4.69, 9.17) is 4.42 Å². The maximum atomic E-state index is 6.47. The second-order valence-electron chi connectivity index (χ2n) is 18.0. The summed E-state index contributed by atoms with van der Waals surface area (Å²) in [6, 6.07) is 92.4. The van der Waals surface area contributed by atoms with Crippen LogP contribution in [0.5, 0.6) is 0 Å². The molecule has 0 unspecified atom stereocenters. The predicted molar refractivity (Wildman–Crippen MR) is 292 cm³/mol. The normalized spacial score (nSPS) is 11.8. The number of nitrogens with zero attached hydrogens (tertiary/aromatic N) is 2. The molecule has 322 valence electrons. The van der Waals surface area contributed by atoms with Gasteiger partial charge in [-0.3, -0.25) is 0 Å². The van der Waals surface area contributed by atoms with Crippen molar-refractivity contribution < 1.29 is 4.42 Å². The largest absolute Gasteiger partial charge is 0.455 e. The molecule has 3 heteroatoms. The molecule has 0 radical (unpaired) electrons. The summed E-state index contributed by atoms with van der Waals surface area (Å²) in [5, 5.41) is 12.3. The van der Waals surface area contributed by atoms with Gasteiger partial charge >= 0.3 is 0 Å². The van der Waals surface area contributed by atoms with Gasteiger partial charge in [-0.1, -0.05) is 194 Å². The van der Waals surface area contributed by atoms with Gasteiger partial charge in [0.2, 0.25) is 0 Å². The summed E-state index contributed by atoms with van der Waals surface area (Å²) in [6.45, 7) is 0. The third-order valence-electron chi connectivity index (χ3n) is 14.2. The fourth-order valence-corrected chi connectivity index (χ4v) is 11.0. The molecule has 2 heterocycles. The number of benzene rings is 12. The van der Waals surface area contributed by atoms with Crippen molar-refractivity contribution in [2.75, 3.05) is 4.90 Å². The summed E-state index contributed by atoms with van der Waals surface area (Å²) in [6.07, 6.45) is 0. The number of anilines is 3. The van der Waals surface area contributed by atoms with Crippen molar-refractivity contribution in [1.82, 2.24) is 4.57 Å². The van der Waals surface area contributed by atoms with E-state index in [-0.39, 0.29) is 0 Å². The van der Waals surface area contributed by atoms with Gasteiger partial charge in [-0.25, -0.2) is 0 Å². The molecule has 0 saturated carbocycles. The van der Waals surface area contributed by atoms with Crippen LogP contribution >= 0.6 is 0 Å². The first-order chi connectivity index (χ1) is 34.2. The van der Waals surface area contributed by atoms with Gasteiger partial charge in [-0.2, -0.15) is 0 Å². The lowest BCUT2D eigenvalue weighted by atomic mass is 9.94. The monoisotopic (exact) mass is 878 g/mol. The second kappa shape index (κ2) is 15.7. The highest BCUT2D eigenvalue weighted by Gasteiger charge is 2.19. The molecule has 0 aliphatic heterocycles. The lowest BCUT2D eigenvalue weighted by Crippen LogP contribution is -2.10. The summed E-state index contributed by atoms with van der Waals surface area (Å²) in [5.41, 5.74) is 15.5. The third-order valence-corrected chi connectivity index (χ3v) is 14.2. The van der Waals surface area contributed by atoms with Crippen LogP contribution in [0.4, 0.5) is 17.1 Å². The van der Waals surface area contributed by atoms with Gasteiger partial charge in [0.25, 0.3) is 0 Å². The van der Waals surface area contributed by atoms with Crippen molar-refractivity contribution >= 4 is 93.1 Å². The predicted octanol–water partition coefficient (Wildman–Crippen LogP) is 18.6. The number of hydrogen-bond donors (Lipinski definition) is 0. The van der Waals surface area contributed by atoms with Crippen LogP contribution in [-0.2, 0) is 0 Å². The fraction of sp³-hybridized carbons (Fsp3) is 0. The summed E-state index contributed by atoms with van der Waals surface area (Å²) >= 11 is 0. The Balaban J connectivity index is 0.856. The van der Waals surface area contributed by atoms with E-state index < -0.39 is 0 Å². The standard InChI is InChI=1S/C66H42N2O/c1-2-17-54-52(15-1)53-16-3-4-18-55(53)61-42-49(40-41-56(54)61)67(48-38-34-46(35-39-48)51-22-13-23-60-59-21-8-12-27-65(59)69-66(51)60)47-36-32-44(33-37-47)43-28-30-45(31-29-43)50-14-5-9-24-62(50)68-63-25-10-6-19-57(63)58-20-7-11-26-64(58)68/h1-42H. The Bertz CT molecular complexity index is 4200. The molecule has 0 amide bonds. The molecule has 14 rings (SSSR count). The average molecular weight is 879 g/mol. The summed E-state index contributed by atoms with van der Waals surface area (Å²) < 4.78 is 8.88. The van der Waals surface area contributed by atoms with E-state index in [1.165, 1.54) is 76.5 Å². The molecular weight excluding hydrogens is 837 g/mol. The zero-order valence-corrected chi connectivity index (χ0v) is 37.6. The van der Waals surface area contributed by atoms with Crippen molar-refractivity contribution in [2.45, 2.75) is 0 Å². The van der Waals surface area contributed by atoms with Crippen molar-refractivity contribution in [3.63, 3.8) is 0 Å². The number of fused-ring (bicyclic) bond motifs is 12. The van der Waals surface area contributed by atoms with Gasteiger partial charge in [-0.05, 0) is 115 Å². The minimum absolute atomic E-state index is 0.902. The second-order valence-corrected chi connectivity index (χ2v) is 18.0. The zero-order chi connectivity index (χ0) is 45.4. The van der Waals surface area contributed by atoms with Crippen LogP contribution in [0.1, 0.15) is 0 Å². The molecule has 0 aliphatic carbocycles. The maximum Gasteiger partial charge on any atom is 0.143 e. The van der Waals surface area contributed by atoms with Crippen LogP contribution in [0.2, 0.25) is 0 Å². The average Bonchev–Trinajstić information content (AvgIpc) is 3.98. The highest BCUT2D eigenvalue weighted by Crippen LogP contribution is 2.43. The first-order valence-electron chi connectivity index (χ1n) is 23.7. The molecule has 0 atom stereocenters. The van der Waals surface area contributed by atoms with E-state index in [1.807, 2.05) is 12.1 Å².